The number of hydrogen-bond acceptors (Lipinski definition) is 2. The highest BCUT2D eigenvalue weighted by molar-refractivity contribution is 6.43. The molecule has 92 valence electrons. The molecular formula is C10H7ClF3NO2. The molecule has 3 nitrogen and oxygen atoms in total. The first-order valence-electron chi connectivity index (χ1n) is 4.43. The topological polar surface area (TPSA) is 46.2 Å². The third kappa shape index (κ3) is 3.74. The highest BCUT2D eigenvalue weighted by Gasteiger charge is 2.45. The monoisotopic (exact) mass is 265 g/mol. The number of Topliss-reactive ketones (excluding diaryl/α,β-unsaturated/α-hetero) is 1. The first-order chi connectivity index (χ1) is 7.82. The molecule has 1 atom stereocenters. The van der Waals surface area contributed by atoms with Crippen LogP contribution in [0.25, 0.3) is 0 Å². The molecule has 1 aromatic rings. The molecule has 0 aromatic heterocycles. The van der Waals surface area contributed by atoms with Crippen molar-refractivity contribution < 1.29 is 22.8 Å². The number of benzene rings is 1. The van der Waals surface area contributed by atoms with Gasteiger partial charge in [-0.25, -0.2) is 0 Å². The van der Waals surface area contributed by atoms with Crippen molar-refractivity contribution in [1.82, 2.24) is 0 Å². The fraction of sp³-hybridized carbons (Fsp3) is 0.200. The van der Waals surface area contributed by atoms with Gasteiger partial charge in [-0.2, -0.15) is 13.2 Å². The first-order valence-corrected chi connectivity index (χ1v) is 4.87. The van der Waals surface area contributed by atoms with E-state index in [1.54, 1.807) is 18.2 Å². The summed E-state index contributed by atoms with van der Waals surface area (Å²) in [4.78, 5) is 21.9. The minimum atomic E-state index is -5.12. The minimum absolute atomic E-state index is 0.262. The number of halogens is 4. The summed E-state index contributed by atoms with van der Waals surface area (Å²) >= 11 is 5.13. The maximum atomic E-state index is 12.0. The van der Waals surface area contributed by atoms with Gasteiger partial charge in [-0.05, 0) is 12.1 Å². The summed E-state index contributed by atoms with van der Waals surface area (Å²) in [6.45, 7) is 0. The van der Waals surface area contributed by atoms with Crippen LogP contribution in [-0.4, -0.2) is 23.2 Å². The third-order valence-electron chi connectivity index (χ3n) is 1.78. The normalized spacial score (nSPS) is 12.9. The fourth-order valence-electron chi connectivity index (χ4n) is 0.990. The molecule has 0 saturated heterocycles. The molecule has 1 aromatic carbocycles. The molecule has 1 rings (SSSR count). The van der Waals surface area contributed by atoms with Crippen molar-refractivity contribution >= 4 is 29.0 Å². The average Bonchev–Trinajstić information content (AvgIpc) is 2.27. The number of amides is 1. The van der Waals surface area contributed by atoms with Crippen molar-refractivity contribution in [2.45, 2.75) is 11.6 Å². The van der Waals surface area contributed by atoms with Crippen molar-refractivity contribution in [3.05, 3.63) is 30.3 Å². The lowest BCUT2D eigenvalue weighted by atomic mass is 10.2. The molecule has 0 heterocycles. The van der Waals surface area contributed by atoms with E-state index < -0.39 is 23.2 Å². The summed E-state index contributed by atoms with van der Waals surface area (Å²) in [5, 5.41) is -0.179. The van der Waals surface area contributed by atoms with Gasteiger partial charge >= 0.3 is 6.18 Å². The first kappa shape index (κ1) is 13.5. The predicted octanol–water partition coefficient (Wildman–Crippen LogP) is 2.36. The minimum Gasteiger partial charge on any atom is -0.324 e. The SMILES string of the molecule is O=C(Nc1ccccc1)[C@@H](Cl)C(=O)C(F)(F)F. The predicted molar refractivity (Wildman–Crippen MR) is 55.8 cm³/mol. The van der Waals surface area contributed by atoms with Gasteiger partial charge < -0.3 is 5.32 Å². The molecule has 1 N–H and O–H groups in total. The summed E-state index contributed by atoms with van der Waals surface area (Å²) in [5.74, 6) is -3.49. The van der Waals surface area contributed by atoms with Gasteiger partial charge in [-0.15, -0.1) is 11.6 Å². The maximum absolute atomic E-state index is 12.0. The largest absolute Gasteiger partial charge is 0.452 e. The Labute approximate surface area is 99.6 Å². The van der Waals surface area contributed by atoms with E-state index in [0.717, 1.165) is 0 Å². The molecule has 0 radical (unpaired) electrons. The quantitative estimate of drug-likeness (QED) is 0.674. The lowest BCUT2D eigenvalue weighted by molar-refractivity contribution is -0.171. The second kappa shape index (κ2) is 5.18. The van der Waals surface area contributed by atoms with Crippen LogP contribution >= 0.6 is 11.6 Å². The third-order valence-corrected chi connectivity index (χ3v) is 2.18. The zero-order valence-corrected chi connectivity index (χ0v) is 9.05. The second-order valence-corrected chi connectivity index (χ2v) is 3.52. The van der Waals surface area contributed by atoms with Crippen LogP contribution in [-0.2, 0) is 9.59 Å². The van der Waals surface area contributed by atoms with Gasteiger partial charge in [0.1, 0.15) is 0 Å². The standard InChI is InChI=1S/C10H7ClF3NO2/c11-7(8(16)10(12,13)14)9(17)15-6-4-2-1-3-5-6/h1-5,7H,(H,15,17)/t7-/m0/s1. The van der Waals surface area contributed by atoms with Gasteiger partial charge in [-0.3, -0.25) is 9.59 Å². The van der Waals surface area contributed by atoms with E-state index in [2.05, 4.69) is 5.32 Å². The molecule has 7 heteroatoms. The van der Waals surface area contributed by atoms with E-state index in [0.29, 0.717) is 0 Å². The summed E-state index contributed by atoms with van der Waals surface area (Å²) in [7, 11) is 0. The highest BCUT2D eigenvalue weighted by atomic mass is 35.5. The number of alkyl halides is 4. The van der Waals surface area contributed by atoms with E-state index in [4.69, 9.17) is 11.6 Å². The van der Waals surface area contributed by atoms with Crippen LogP contribution in [0, 0.1) is 0 Å². The lowest BCUT2D eigenvalue weighted by Crippen LogP contribution is -2.39. The second-order valence-electron chi connectivity index (χ2n) is 3.08. The van der Waals surface area contributed by atoms with Crippen molar-refractivity contribution in [3.8, 4) is 0 Å². The van der Waals surface area contributed by atoms with E-state index in [1.807, 2.05) is 0 Å². The molecule has 0 saturated carbocycles. The van der Waals surface area contributed by atoms with E-state index in [9.17, 15) is 22.8 Å². The molecular weight excluding hydrogens is 259 g/mol. The van der Waals surface area contributed by atoms with Crippen LogP contribution in [0.5, 0.6) is 0 Å². The molecule has 0 fully saturated rings. The molecule has 17 heavy (non-hydrogen) atoms. The van der Waals surface area contributed by atoms with Gasteiger partial charge in [-0.1, -0.05) is 18.2 Å². The number of ketones is 1. The Balaban J connectivity index is 2.69. The Morgan fingerprint density at radius 1 is 1.18 bits per heavy atom. The zero-order valence-electron chi connectivity index (χ0n) is 8.29. The number of nitrogens with one attached hydrogen (secondary N) is 1. The number of hydrogen-bond donors (Lipinski definition) is 1. The lowest BCUT2D eigenvalue weighted by Gasteiger charge is -2.11. The smallest absolute Gasteiger partial charge is 0.324 e. The molecule has 0 spiro atoms. The highest BCUT2D eigenvalue weighted by Crippen LogP contribution is 2.21. The van der Waals surface area contributed by atoms with Gasteiger partial charge in [0.05, 0.1) is 0 Å². The Kier molecular flexibility index (Phi) is 4.11. The Morgan fingerprint density at radius 3 is 2.18 bits per heavy atom. The summed E-state index contributed by atoms with van der Waals surface area (Å²) < 4.78 is 36.0. The molecule has 0 aliphatic rings. The van der Waals surface area contributed by atoms with Gasteiger partial charge in [0.25, 0.3) is 5.78 Å². The summed E-state index contributed by atoms with van der Waals surface area (Å²) in [5.41, 5.74) is 0.262. The van der Waals surface area contributed by atoms with Crippen molar-refractivity contribution in [2.24, 2.45) is 0 Å². The molecule has 0 bridgehead atoms. The summed E-state index contributed by atoms with van der Waals surface area (Å²) in [6.07, 6.45) is -5.12. The molecule has 1 amide bonds. The number of para-hydroxylation sites is 1. The number of carbonyl (C=O) groups excluding carboxylic acids is 2. The molecule has 0 aliphatic carbocycles. The number of rotatable bonds is 3. The van der Waals surface area contributed by atoms with E-state index in [-0.39, 0.29) is 5.69 Å². The van der Waals surface area contributed by atoms with Crippen LogP contribution in [0.3, 0.4) is 0 Å². The van der Waals surface area contributed by atoms with Gasteiger partial charge in [0, 0.05) is 5.69 Å². The van der Waals surface area contributed by atoms with Crippen molar-refractivity contribution in [2.75, 3.05) is 5.32 Å². The fourth-order valence-corrected chi connectivity index (χ4v) is 1.17. The molecule has 0 unspecified atom stereocenters. The van der Waals surface area contributed by atoms with Gasteiger partial charge in [0.15, 0.2) is 5.38 Å². The van der Waals surface area contributed by atoms with Crippen LogP contribution in [0.4, 0.5) is 18.9 Å². The average molecular weight is 266 g/mol. The van der Waals surface area contributed by atoms with Crippen LogP contribution in [0.2, 0.25) is 0 Å². The van der Waals surface area contributed by atoms with E-state index in [1.165, 1.54) is 12.1 Å². The van der Waals surface area contributed by atoms with Crippen LogP contribution in [0.1, 0.15) is 0 Å². The summed E-state index contributed by atoms with van der Waals surface area (Å²) in [6, 6.07) is 7.72. The zero-order chi connectivity index (χ0) is 13.1. The van der Waals surface area contributed by atoms with Gasteiger partial charge in [0.2, 0.25) is 5.91 Å². The Hall–Kier alpha value is -1.56. The number of anilines is 1. The van der Waals surface area contributed by atoms with Crippen LogP contribution in [0.15, 0.2) is 30.3 Å². The number of carbonyl (C=O) groups is 2. The van der Waals surface area contributed by atoms with Crippen molar-refractivity contribution in [3.63, 3.8) is 0 Å². The maximum Gasteiger partial charge on any atom is 0.452 e. The Bertz CT molecular complexity index is 419. The Morgan fingerprint density at radius 2 is 1.71 bits per heavy atom. The van der Waals surface area contributed by atoms with Crippen LogP contribution < -0.4 is 5.32 Å². The van der Waals surface area contributed by atoms with E-state index >= 15 is 0 Å². The molecule has 0 aliphatic heterocycles. The van der Waals surface area contributed by atoms with Crippen molar-refractivity contribution in [1.29, 1.82) is 0 Å².